The van der Waals surface area contributed by atoms with Gasteiger partial charge in [0, 0.05) is 49.7 Å². The number of sulfonamides is 1. The number of fused-ring (bicyclic) bond motifs is 1. The molecule has 8 nitrogen and oxygen atoms in total. The average Bonchev–Trinajstić information content (AvgIpc) is 3.57. The maximum atomic E-state index is 13.6. The summed E-state index contributed by atoms with van der Waals surface area (Å²) in [5.74, 6) is -0.321. The summed E-state index contributed by atoms with van der Waals surface area (Å²) >= 11 is 1.50. The van der Waals surface area contributed by atoms with Gasteiger partial charge in [-0.25, -0.2) is 8.42 Å². The van der Waals surface area contributed by atoms with E-state index in [0.717, 1.165) is 81.7 Å². The molecule has 0 radical (unpaired) electrons. The molecule has 194 valence electrons. The third-order valence-electron chi connectivity index (χ3n) is 7.49. The first-order valence-corrected chi connectivity index (χ1v) is 15.2. The number of anilines is 1. The van der Waals surface area contributed by atoms with Gasteiger partial charge in [0.2, 0.25) is 10.0 Å². The highest BCUT2D eigenvalue weighted by atomic mass is 32.2. The number of nitrogens with one attached hydrogen (secondary N) is 1. The van der Waals surface area contributed by atoms with Crippen LogP contribution in [0.25, 0.3) is 0 Å². The summed E-state index contributed by atoms with van der Waals surface area (Å²) in [6.45, 7) is 7.36. The monoisotopic (exact) mass is 530 g/mol. The molecule has 2 aromatic rings. The number of hydrogen-bond donors (Lipinski definition) is 1. The molecule has 5 rings (SSSR count). The smallest absolute Gasteiger partial charge is 0.257 e. The molecule has 2 fully saturated rings. The normalized spacial score (nSPS) is 19.3. The molecule has 0 atom stereocenters. The molecule has 0 bridgehead atoms. The van der Waals surface area contributed by atoms with Gasteiger partial charge in [0.25, 0.3) is 11.8 Å². The van der Waals surface area contributed by atoms with E-state index >= 15 is 0 Å². The molecule has 1 aromatic carbocycles. The van der Waals surface area contributed by atoms with Crippen LogP contribution in [0.3, 0.4) is 0 Å². The number of likely N-dealkylation sites (N-methyl/N-ethyl adjacent to an activating group) is 1. The summed E-state index contributed by atoms with van der Waals surface area (Å²) in [5.41, 5.74) is 2.09. The Morgan fingerprint density at radius 1 is 0.944 bits per heavy atom. The number of hydrogen-bond acceptors (Lipinski definition) is 6. The highest BCUT2D eigenvalue weighted by molar-refractivity contribution is 7.89. The van der Waals surface area contributed by atoms with Gasteiger partial charge in [-0.05, 0) is 74.9 Å². The van der Waals surface area contributed by atoms with Gasteiger partial charge in [-0.15, -0.1) is 11.3 Å². The van der Waals surface area contributed by atoms with Crippen LogP contribution in [0, 0.1) is 0 Å². The zero-order valence-electron chi connectivity index (χ0n) is 20.8. The second-order valence-electron chi connectivity index (χ2n) is 9.77. The number of amides is 2. The Morgan fingerprint density at radius 2 is 1.61 bits per heavy atom. The number of piperidine rings is 1. The van der Waals surface area contributed by atoms with Crippen LogP contribution < -0.4 is 5.32 Å². The fourth-order valence-electron chi connectivity index (χ4n) is 5.33. The van der Waals surface area contributed by atoms with Crippen molar-refractivity contribution in [2.45, 2.75) is 56.9 Å². The van der Waals surface area contributed by atoms with E-state index in [1.54, 1.807) is 12.1 Å². The molecule has 1 N–H and O–H groups in total. The molecule has 4 heterocycles. The number of thiophene rings is 1. The van der Waals surface area contributed by atoms with Crippen molar-refractivity contribution in [2.75, 3.05) is 44.6 Å². The molecule has 36 heavy (non-hydrogen) atoms. The predicted molar refractivity (Wildman–Crippen MR) is 141 cm³/mol. The average molecular weight is 531 g/mol. The van der Waals surface area contributed by atoms with E-state index in [2.05, 4.69) is 17.1 Å². The van der Waals surface area contributed by atoms with E-state index in [9.17, 15) is 18.0 Å². The number of benzene rings is 1. The minimum Gasteiger partial charge on any atom is -0.339 e. The van der Waals surface area contributed by atoms with Gasteiger partial charge in [0.15, 0.2) is 0 Å². The minimum absolute atomic E-state index is 0.0134. The topological polar surface area (TPSA) is 90.0 Å². The summed E-state index contributed by atoms with van der Waals surface area (Å²) in [7, 11) is -3.53. The van der Waals surface area contributed by atoms with Gasteiger partial charge >= 0.3 is 0 Å². The number of carbonyl (C=O) groups is 2. The summed E-state index contributed by atoms with van der Waals surface area (Å²) in [5, 5.41) is 3.61. The van der Waals surface area contributed by atoms with E-state index in [-0.39, 0.29) is 16.7 Å². The summed E-state index contributed by atoms with van der Waals surface area (Å²) in [6.07, 6.45) is 5.71. The van der Waals surface area contributed by atoms with Crippen LogP contribution in [0.5, 0.6) is 0 Å². The van der Waals surface area contributed by atoms with Crippen molar-refractivity contribution in [2.24, 2.45) is 0 Å². The van der Waals surface area contributed by atoms with E-state index in [4.69, 9.17) is 0 Å². The molecule has 2 amide bonds. The SMILES string of the molecule is CCN1CCc2c(sc(NC(=O)c3ccc(S(=O)(=O)N4CCCC4)cc3)c2C(=O)N2CCCCC2)C1. The lowest BCUT2D eigenvalue weighted by molar-refractivity contribution is 0.0724. The van der Waals surface area contributed by atoms with Crippen molar-refractivity contribution in [1.29, 1.82) is 0 Å². The van der Waals surface area contributed by atoms with Crippen molar-refractivity contribution < 1.29 is 18.0 Å². The minimum atomic E-state index is -3.53. The Hall–Kier alpha value is -2.27. The zero-order chi connectivity index (χ0) is 25.3. The van der Waals surface area contributed by atoms with Crippen LogP contribution in [-0.4, -0.2) is 73.6 Å². The lowest BCUT2D eigenvalue weighted by atomic mass is 10.0. The lowest BCUT2D eigenvalue weighted by Crippen LogP contribution is -2.37. The van der Waals surface area contributed by atoms with Crippen LogP contribution in [0.2, 0.25) is 0 Å². The van der Waals surface area contributed by atoms with E-state index in [1.807, 2.05) is 4.90 Å². The first-order chi connectivity index (χ1) is 17.4. The summed E-state index contributed by atoms with van der Waals surface area (Å²) in [4.78, 5) is 32.4. The van der Waals surface area contributed by atoms with Gasteiger partial charge in [-0.1, -0.05) is 6.92 Å². The Bertz CT molecular complexity index is 1230. The largest absolute Gasteiger partial charge is 0.339 e. The lowest BCUT2D eigenvalue weighted by Gasteiger charge is -2.29. The molecule has 0 aliphatic carbocycles. The molecule has 0 unspecified atom stereocenters. The summed E-state index contributed by atoms with van der Waals surface area (Å²) < 4.78 is 27.1. The molecule has 0 spiro atoms. The fraction of sp³-hybridized carbons (Fsp3) is 0.538. The molecule has 2 saturated heterocycles. The zero-order valence-corrected chi connectivity index (χ0v) is 22.4. The van der Waals surface area contributed by atoms with Crippen molar-refractivity contribution in [3.05, 3.63) is 45.8 Å². The Balaban J connectivity index is 1.39. The van der Waals surface area contributed by atoms with Crippen LogP contribution >= 0.6 is 11.3 Å². The maximum Gasteiger partial charge on any atom is 0.257 e. The van der Waals surface area contributed by atoms with Crippen molar-refractivity contribution in [3.8, 4) is 0 Å². The first kappa shape index (κ1) is 25.4. The molecule has 3 aliphatic rings. The molecule has 0 saturated carbocycles. The molecule has 1 aromatic heterocycles. The molecular weight excluding hydrogens is 496 g/mol. The second-order valence-corrected chi connectivity index (χ2v) is 12.8. The van der Waals surface area contributed by atoms with Crippen LogP contribution in [-0.2, 0) is 23.0 Å². The van der Waals surface area contributed by atoms with Crippen molar-refractivity contribution >= 4 is 38.2 Å². The van der Waals surface area contributed by atoms with E-state index < -0.39 is 10.0 Å². The third-order valence-corrected chi connectivity index (χ3v) is 10.5. The van der Waals surface area contributed by atoms with Gasteiger partial charge < -0.3 is 10.2 Å². The van der Waals surface area contributed by atoms with Gasteiger partial charge in [0.1, 0.15) is 5.00 Å². The standard InChI is InChI=1S/C26H34N4O4S2/c1-2-28-17-12-21-22(18-28)35-25(23(21)26(32)29-13-4-3-5-14-29)27-24(31)19-8-10-20(11-9-19)36(33,34)30-15-6-7-16-30/h8-11H,2-7,12-18H2,1H3,(H,27,31). The molecular formula is C26H34N4O4S2. The number of likely N-dealkylation sites (tertiary alicyclic amines) is 1. The van der Waals surface area contributed by atoms with E-state index in [1.165, 1.54) is 27.8 Å². The third kappa shape index (κ3) is 4.96. The van der Waals surface area contributed by atoms with Crippen molar-refractivity contribution in [3.63, 3.8) is 0 Å². The van der Waals surface area contributed by atoms with Crippen LogP contribution in [0.4, 0.5) is 5.00 Å². The van der Waals surface area contributed by atoms with Gasteiger partial charge in [-0.3, -0.25) is 14.5 Å². The Morgan fingerprint density at radius 3 is 2.28 bits per heavy atom. The molecule has 3 aliphatic heterocycles. The highest BCUT2D eigenvalue weighted by Gasteiger charge is 2.32. The fourth-order valence-corrected chi connectivity index (χ4v) is 8.12. The van der Waals surface area contributed by atoms with Gasteiger partial charge in [0.05, 0.1) is 10.5 Å². The van der Waals surface area contributed by atoms with Crippen LogP contribution in [0.1, 0.15) is 70.2 Å². The number of carbonyl (C=O) groups excluding carboxylic acids is 2. The number of rotatable bonds is 6. The maximum absolute atomic E-state index is 13.6. The Labute approximate surface area is 217 Å². The molecule has 10 heteroatoms. The second kappa shape index (κ2) is 10.6. The first-order valence-electron chi connectivity index (χ1n) is 13.0. The summed E-state index contributed by atoms with van der Waals surface area (Å²) in [6, 6.07) is 6.11. The van der Waals surface area contributed by atoms with Crippen molar-refractivity contribution in [1.82, 2.24) is 14.1 Å². The van der Waals surface area contributed by atoms with Gasteiger partial charge in [-0.2, -0.15) is 4.31 Å². The quantitative estimate of drug-likeness (QED) is 0.614. The van der Waals surface area contributed by atoms with E-state index in [0.29, 0.717) is 29.2 Å². The van der Waals surface area contributed by atoms with Crippen LogP contribution in [0.15, 0.2) is 29.2 Å². The number of nitrogens with zero attached hydrogens (tertiary/aromatic N) is 3. The predicted octanol–water partition coefficient (Wildman–Crippen LogP) is 3.79. The highest BCUT2D eigenvalue weighted by Crippen LogP contribution is 2.38. The Kier molecular flexibility index (Phi) is 7.48.